The second kappa shape index (κ2) is 7.18. The van der Waals surface area contributed by atoms with Crippen molar-refractivity contribution in [2.24, 2.45) is 5.41 Å². The number of aromatic nitrogens is 2. The summed E-state index contributed by atoms with van der Waals surface area (Å²) in [5, 5.41) is 4.32. The lowest BCUT2D eigenvalue weighted by atomic mass is 9.79. The van der Waals surface area contributed by atoms with E-state index in [1.807, 2.05) is 23.1 Å². The second-order valence-electron chi connectivity index (χ2n) is 7.47. The molecule has 2 saturated heterocycles. The number of benzene rings is 1. The molecule has 5 heteroatoms. The number of hydrogen-bond acceptors (Lipinski definition) is 4. The number of ether oxygens (including phenoxy) is 2. The molecular formula is C20H27N3O2. The molecule has 134 valence electrons. The minimum absolute atomic E-state index is 0.405. The Morgan fingerprint density at radius 3 is 3.00 bits per heavy atom. The van der Waals surface area contributed by atoms with Crippen LogP contribution in [0.2, 0.25) is 0 Å². The van der Waals surface area contributed by atoms with Crippen LogP contribution in [0.5, 0.6) is 5.75 Å². The molecule has 4 rings (SSSR count). The Bertz CT molecular complexity index is 693. The first-order valence-corrected chi connectivity index (χ1v) is 9.20. The minimum Gasteiger partial charge on any atom is -0.496 e. The van der Waals surface area contributed by atoms with Crippen LogP contribution in [0.3, 0.4) is 0 Å². The van der Waals surface area contributed by atoms with Crippen LogP contribution in [0.1, 0.15) is 30.4 Å². The second-order valence-corrected chi connectivity index (χ2v) is 7.47. The Balaban J connectivity index is 1.48. The van der Waals surface area contributed by atoms with Gasteiger partial charge in [0, 0.05) is 43.1 Å². The van der Waals surface area contributed by atoms with E-state index in [-0.39, 0.29) is 0 Å². The van der Waals surface area contributed by atoms with E-state index in [2.05, 4.69) is 28.2 Å². The van der Waals surface area contributed by atoms with Gasteiger partial charge in [0.25, 0.3) is 0 Å². The Hall–Kier alpha value is -1.85. The van der Waals surface area contributed by atoms with E-state index in [4.69, 9.17) is 9.47 Å². The lowest BCUT2D eigenvalue weighted by Crippen LogP contribution is -2.43. The van der Waals surface area contributed by atoms with Crippen molar-refractivity contribution in [1.29, 1.82) is 0 Å². The molecular weight excluding hydrogens is 314 g/mol. The molecule has 0 amide bonds. The zero-order valence-electron chi connectivity index (χ0n) is 15.0. The van der Waals surface area contributed by atoms with Crippen LogP contribution in [-0.2, 0) is 17.8 Å². The average Bonchev–Trinajstić information content (AvgIpc) is 3.28. The van der Waals surface area contributed by atoms with E-state index >= 15 is 0 Å². The molecule has 0 saturated carbocycles. The number of methoxy groups -OCH3 is 1. The number of piperidine rings is 1. The highest BCUT2D eigenvalue weighted by Crippen LogP contribution is 2.38. The third-order valence-corrected chi connectivity index (χ3v) is 5.57. The molecule has 2 aliphatic rings. The van der Waals surface area contributed by atoms with Crippen LogP contribution in [0, 0.1) is 5.41 Å². The van der Waals surface area contributed by atoms with E-state index < -0.39 is 0 Å². The predicted molar refractivity (Wildman–Crippen MR) is 96.7 cm³/mol. The van der Waals surface area contributed by atoms with E-state index in [1.54, 1.807) is 7.11 Å². The molecule has 0 radical (unpaired) electrons. The fourth-order valence-corrected chi connectivity index (χ4v) is 4.30. The Labute approximate surface area is 149 Å². The summed E-state index contributed by atoms with van der Waals surface area (Å²) in [4.78, 5) is 2.59. The average molecular weight is 341 g/mol. The van der Waals surface area contributed by atoms with E-state index in [0.29, 0.717) is 5.41 Å². The number of rotatable bonds is 5. The molecule has 2 aromatic rings. The van der Waals surface area contributed by atoms with E-state index in [1.165, 1.54) is 36.9 Å². The molecule has 5 nitrogen and oxygen atoms in total. The van der Waals surface area contributed by atoms with Crippen molar-refractivity contribution in [1.82, 2.24) is 14.7 Å². The standard InChI is InChI=1S/C20H27N3O2/c1-24-19-5-4-17(12-18(19)14-23-10-3-8-21-23)13-22-9-2-6-20(15-22)7-11-25-16-20/h3-5,8,10,12H,2,6-7,9,11,13-16H2,1H3/t20-/m1/s1. The lowest BCUT2D eigenvalue weighted by Gasteiger charge is -2.39. The van der Waals surface area contributed by atoms with E-state index in [0.717, 1.165) is 38.6 Å². The number of hydrogen-bond donors (Lipinski definition) is 0. The summed E-state index contributed by atoms with van der Waals surface area (Å²) >= 11 is 0. The van der Waals surface area contributed by atoms with Gasteiger partial charge in [-0.25, -0.2) is 0 Å². The van der Waals surface area contributed by atoms with Crippen LogP contribution in [0.25, 0.3) is 0 Å². The quantitative estimate of drug-likeness (QED) is 0.838. The molecule has 2 aliphatic heterocycles. The first-order chi connectivity index (χ1) is 12.3. The van der Waals surface area contributed by atoms with Crippen molar-refractivity contribution in [3.8, 4) is 5.75 Å². The highest BCUT2D eigenvalue weighted by molar-refractivity contribution is 5.37. The summed E-state index contributed by atoms with van der Waals surface area (Å²) in [7, 11) is 1.73. The Kier molecular flexibility index (Phi) is 4.77. The zero-order chi connectivity index (χ0) is 17.1. The number of likely N-dealkylation sites (tertiary alicyclic amines) is 1. The summed E-state index contributed by atoms with van der Waals surface area (Å²) < 4.78 is 13.2. The van der Waals surface area contributed by atoms with Gasteiger partial charge >= 0.3 is 0 Å². The maximum atomic E-state index is 5.69. The summed E-state index contributed by atoms with van der Waals surface area (Å²) in [6.45, 7) is 5.95. The highest BCUT2D eigenvalue weighted by Gasteiger charge is 2.38. The van der Waals surface area contributed by atoms with Crippen molar-refractivity contribution < 1.29 is 9.47 Å². The fraction of sp³-hybridized carbons (Fsp3) is 0.550. The summed E-state index contributed by atoms with van der Waals surface area (Å²) in [6, 6.07) is 8.50. The predicted octanol–water partition coefficient (Wildman–Crippen LogP) is 2.94. The van der Waals surface area contributed by atoms with Gasteiger partial charge in [0.15, 0.2) is 0 Å². The zero-order valence-corrected chi connectivity index (χ0v) is 15.0. The molecule has 0 bridgehead atoms. The van der Waals surface area contributed by atoms with Crippen molar-refractivity contribution >= 4 is 0 Å². The third kappa shape index (κ3) is 3.72. The summed E-state index contributed by atoms with van der Waals surface area (Å²) in [5.41, 5.74) is 2.93. The molecule has 1 atom stereocenters. The maximum Gasteiger partial charge on any atom is 0.123 e. The molecule has 25 heavy (non-hydrogen) atoms. The van der Waals surface area contributed by atoms with Crippen molar-refractivity contribution in [3.05, 3.63) is 47.8 Å². The molecule has 2 fully saturated rings. The minimum atomic E-state index is 0.405. The lowest BCUT2D eigenvalue weighted by molar-refractivity contribution is 0.0645. The van der Waals surface area contributed by atoms with Gasteiger partial charge in [-0.05, 0) is 49.6 Å². The van der Waals surface area contributed by atoms with Gasteiger partial charge in [0.05, 0.1) is 20.3 Å². The molecule has 1 aromatic heterocycles. The van der Waals surface area contributed by atoms with Gasteiger partial charge in [0.1, 0.15) is 5.75 Å². The van der Waals surface area contributed by atoms with Crippen LogP contribution in [-0.4, -0.2) is 48.1 Å². The Morgan fingerprint density at radius 1 is 1.28 bits per heavy atom. The van der Waals surface area contributed by atoms with Crippen LogP contribution in [0.15, 0.2) is 36.7 Å². The smallest absolute Gasteiger partial charge is 0.123 e. The first kappa shape index (κ1) is 16.6. The van der Waals surface area contributed by atoms with Crippen molar-refractivity contribution in [2.75, 3.05) is 33.4 Å². The normalized spacial score (nSPS) is 24.0. The topological polar surface area (TPSA) is 39.5 Å². The molecule has 0 unspecified atom stereocenters. The fourth-order valence-electron chi connectivity index (χ4n) is 4.30. The third-order valence-electron chi connectivity index (χ3n) is 5.57. The molecule has 3 heterocycles. The van der Waals surface area contributed by atoms with Gasteiger partial charge in [-0.2, -0.15) is 5.10 Å². The van der Waals surface area contributed by atoms with Crippen molar-refractivity contribution in [3.63, 3.8) is 0 Å². The van der Waals surface area contributed by atoms with Gasteiger partial charge in [-0.15, -0.1) is 0 Å². The molecule has 1 aromatic carbocycles. The van der Waals surface area contributed by atoms with E-state index in [9.17, 15) is 0 Å². The highest BCUT2D eigenvalue weighted by atomic mass is 16.5. The summed E-state index contributed by atoms with van der Waals surface area (Å²) in [6.07, 6.45) is 7.61. The first-order valence-electron chi connectivity index (χ1n) is 9.20. The number of nitrogens with zero attached hydrogens (tertiary/aromatic N) is 3. The molecule has 0 N–H and O–H groups in total. The molecule has 1 spiro atoms. The monoisotopic (exact) mass is 341 g/mol. The van der Waals surface area contributed by atoms with Crippen LogP contribution >= 0.6 is 0 Å². The van der Waals surface area contributed by atoms with Gasteiger partial charge in [0.2, 0.25) is 0 Å². The summed E-state index contributed by atoms with van der Waals surface area (Å²) in [5.74, 6) is 0.929. The largest absolute Gasteiger partial charge is 0.496 e. The van der Waals surface area contributed by atoms with Crippen LogP contribution < -0.4 is 4.74 Å². The molecule has 0 aliphatic carbocycles. The van der Waals surface area contributed by atoms with Gasteiger partial charge < -0.3 is 9.47 Å². The van der Waals surface area contributed by atoms with Crippen molar-refractivity contribution in [2.45, 2.75) is 32.4 Å². The Morgan fingerprint density at radius 2 is 2.24 bits per heavy atom. The SMILES string of the molecule is COc1ccc(CN2CCC[C@@]3(CCOC3)C2)cc1Cn1cccn1. The van der Waals surface area contributed by atoms with Gasteiger partial charge in [-0.3, -0.25) is 9.58 Å². The van der Waals surface area contributed by atoms with Crippen LogP contribution in [0.4, 0.5) is 0 Å². The maximum absolute atomic E-state index is 5.69. The van der Waals surface area contributed by atoms with Gasteiger partial charge in [-0.1, -0.05) is 6.07 Å².